The summed E-state index contributed by atoms with van der Waals surface area (Å²) in [5, 5.41) is 8.91. The summed E-state index contributed by atoms with van der Waals surface area (Å²) in [6.07, 6.45) is 0.0797. The van der Waals surface area contributed by atoms with Gasteiger partial charge in [0.15, 0.2) is 0 Å². The van der Waals surface area contributed by atoms with Crippen LogP contribution in [0.2, 0.25) is 0 Å². The Morgan fingerprint density at radius 3 is 2.41 bits per heavy atom. The molecule has 0 amide bonds. The zero-order valence-corrected chi connectivity index (χ0v) is 11.1. The molecule has 0 saturated heterocycles. The topological polar surface area (TPSA) is 63.6 Å². The van der Waals surface area contributed by atoms with Gasteiger partial charge in [-0.2, -0.15) is 21.6 Å². The van der Waals surface area contributed by atoms with Gasteiger partial charge in [-0.15, -0.1) is 0 Å². The lowest BCUT2D eigenvalue weighted by molar-refractivity contribution is -0.0592. The molecule has 1 aliphatic carbocycles. The minimum Gasteiger partial charge on any atom is -0.396 e. The van der Waals surface area contributed by atoms with Gasteiger partial charge in [0.25, 0.3) is 0 Å². The predicted molar refractivity (Wildman–Crippen MR) is 57.0 cm³/mol. The summed E-state index contributed by atoms with van der Waals surface area (Å²) < 4.78 is 62.2. The van der Waals surface area contributed by atoms with Crippen molar-refractivity contribution in [2.45, 2.75) is 35.7 Å². The number of aliphatic hydroxyl groups is 1. The molecule has 0 spiro atoms. The van der Waals surface area contributed by atoms with Crippen LogP contribution in [0.3, 0.4) is 0 Å². The van der Waals surface area contributed by atoms with Gasteiger partial charge >= 0.3 is 15.6 Å². The van der Waals surface area contributed by atoms with E-state index in [2.05, 4.69) is 20.1 Å². The van der Waals surface area contributed by atoms with Crippen molar-refractivity contribution >= 4 is 26.0 Å². The van der Waals surface area contributed by atoms with Gasteiger partial charge in [-0.1, -0.05) is 15.9 Å². The molecule has 0 aromatic heterocycles. The molecular formula is C8H12BrF3O4S. The van der Waals surface area contributed by atoms with Crippen LogP contribution in [0.4, 0.5) is 13.2 Å². The van der Waals surface area contributed by atoms with Crippen LogP contribution >= 0.6 is 15.9 Å². The minimum atomic E-state index is -5.57. The van der Waals surface area contributed by atoms with Crippen LogP contribution in [0.15, 0.2) is 0 Å². The van der Waals surface area contributed by atoms with Crippen LogP contribution in [0, 0.1) is 5.92 Å². The van der Waals surface area contributed by atoms with E-state index in [4.69, 9.17) is 5.11 Å². The highest BCUT2D eigenvalue weighted by atomic mass is 79.9. The molecule has 0 radical (unpaired) electrons. The lowest BCUT2D eigenvalue weighted by Gasteiger charge is -2.31. The number of hydrogen-bond acceptors (Lipinski definition) is 4. The van der Waals surface area contributed by atoms with Crippen molar-refractivity contribution in [3.8, 4) is 0 Å². The van der Waals surface area contributed by atoms with Crippen molar-refractivity contribution in [3.05, 3.63) is 0 Å². The zero-order valence-electron chi connectivity index (χ0n) is 8.65. The second kappa shape index (κ2) is 5.41. The largest absolute Gasteiger partial charge is 0.523 e. The van der Waals surface area contributed by atoms with Crippen molar-refractivity contribution < 1.29 is 30.9 Å². The molecule has 17 heavy (non-hydrogen) atoms. The summed E-state index contributed by atoms with van der Waals surface area (Å²) in [6, 6.07) is 0. The van der Waals surface area contributed by atoms with Crippen molar-refractivity contribution in [1.29, 1.82) is 0 Å². The maximum absolute atomic E-state index is 12.1. The predicted octanol–water partition coefficient (Wildman–Crippen LogP) is 1.78. The molecular weight excluding hydrogens is 329 g/mol. The van der Waals surface area contributed by atoms with E-state index in [0.29, 0.717) is 12.8 Å². The van der Waals surface area contributed by atoms with Crippen molar-refractivity contribution in [2.75, 3.05) is 6.61 Å². The molecule has 0 aliphatic heterocycles. The van der Waals surface area contributed by atoms with Gasteiger partial charge in [0.05, 0.1) is 6.10 Å². The van der Waals surface area contributed by atoms with E-state index in [0.717, 1.165) is 0 Å². The van der Waals surface area contributed by atoms with Crippen molar-refractivity contribution in [1.82, 2.24) is 0 Å². The highest BCUT2D eigenvalue weighted by molar-refractivity contribution is 9.09. The molecule has 9 heteroatoms. The average molecular weight is 341 g/mol. The molecule has 0 bridgehead atoms. The quantitative estimate of drug-likeness (QED) is 0.483. The van der Waals surface area contributed by atoms with E-state index in [9.17, 15) is 21.6 Å². The van der Waals surface area contributed by atoms with E-state index in [1.54, 1.807) is 0 Å². The first kappa shape index (κ1) is 15.2. The fourth-order valence-corrected chi connectivity index (χ4v) is 3.04. The van der Waals surface area contributed by atoms with Gasteiger partial charge in [-0.25, -0.2) is 0 Å². The Labute approximate surface area is 105 Å². The number of alkyl halides is 4. The normalized spacial score (nSPS) is 31.5. The molecule has 102 valence electrons. The first-order valence-electron chi connectivity index (χ1n) is 4.92. The third kappa shape index (κ3) is 3.80. The molecule has 0 heterocycles. The van der Waals surface area contributed by atoms with E-state index in [-0.39, 0.29) is 18.9 Å². The Morgan fingerprint density at radius 2 is 1.94 bits per heavy atom. The van der Waals surface area contributed by atoms with E-state index < -0.39 is 26.6 Å². The minimum absolute atomic E-state index is 0.0850. The van der Waals surface area contributed by atoms with Gasteiger partial charge in [-0.3, -0.25) is 4.18 Å². The number of hydrogen-bond donors (Lipinski definition) is 1. The monoisotopic (exact) mass is 340 g/mol. The Hall–Kier alpha value is 0.140. The Morgan fingerprint density at radius 1 is 1.35 bits per heavy atom. The molecule has 1 fully saturated rings. The van der Waals surface area contributed by atoms with Crippen molar-refractivity contribution in [2.24, 2.45) is 5.92 Å². The first-order valence-corrected chi connectivity index (χ1v) is 7.24. The summed E-state index contributed by atoms with van der Waals surface area (Å²) in [5.41, 5.74) is -5.41. The Balaban J connectivity index is 2.73. The third-order valence-corrected chi connectivity index (χ3v) is 4.73. The lowest BCUT2D eigenvalue weighted by Crippen LogP contribution is -2.38. The second-order valence-electron chi connectivity index (χ2n) is 3.91. The van der Waals surface area contributed by atoms with Gasteiger partial charge in [0, 0.05) is 11.4 Å². The molecule has 1 N–H and O–H groups in total. The summed E-state index contributed by atoms with van der Waals surface area (Å²) in [5.74, 6) is -0.225. The average Bonchev–Trinajstić information content (AvgIpc) is 2.19. The van der Waals surface area contributed by atoms with E-state index in [1.165, 1.54) is 0 Å². The number of halogens is 4. The Bertz CT molecular complexity index is 356. The smallest absolute Gasteiger partial charge is 0.396 e. The molecule has 4 nitrogen and oxygen atoms in total. The highest BCUT2D eigenvalue weighted by Crippen LogP contribution is 2.35. The van der Waals surface area contributed by atoms with Crippen LogP contribution in [0.1, 0.15) is 19.3 Å². The second-order valence-corrected chi connectivity index (χ2v) is 6.65. The van der Waals surface area contributed by atoms with Gasteiger partial charge < -0.3 is 5.11 Å². The van der Waals surface area contributed by atoms with E-state index >= 15 is 0 Å². The summed E-state index contributed by atoms with van der Waals surface area (Å²) in [7, 11) is -5.57. The third-order valence-electron chi connectivity index (χ3n) is 2.61. The summed E-state index contributed by atoms with van der Waals surface area (Å²) in [6.45, 7) is -0.189. The molecule has 1 saturated carbocycles. The standard InChI is InChI=1S/C8H12BrF3O4S/c9-6-2-1-5(4-13)3-7(6)16-17(14,15)8(10,11)12/h5-7,13H,1-4H2/t5-,6-,7-/m0/s1. The fraction of sp³-hybridized carbons (Fsp3) is 1.00. The molecule has 1 aliphatic rings. The molecule has 3 atom stereocenters. The zero-order chi connectivity index (χ0) is 13.3. The van der Waals surface area contributed by atoms with Crippen LogP contribution in [0.5, 0.6) is 0 Å². The maximum atomic E-state index is 12.1. The van der Waals surface area contributed by atoms with Crippen LogP contribution in [0.25, 0.3) is 0 Å². The molecule has 0 aromatic carbocycles. The number of rotatable bonds is 3. The van der Waals surface area contributed by atoms with Gasteiger partial charge in [-0.05, 0) is 25.2 Å². The maximum Gasteiger partial charge on any atom is 0.523 e. The highest BCUT2D eigenvalue weighted by Gasteiger charge is 2.49. The summed E-state index contributed by atoms with van der Waals surface area (Å²) in [4.78, 5) is -0.456. The fourth-order valence-electron chi connectivity index (χ4n) is 1.66. The molecule has 0 aromatic rings. The van der Waals surface area contributed by atoms with Crippen LogP contribution in [-0.4, -0.2) is 36.6 Å². The van der Waals surface area contributed by atoms with Gasteiger partial charge in [0.1, 0.15) is 0 Å². The first-order chi connectivity index (χ1) is 7.67. The van der Waals surface area contributed by atoms with Crippen molar-refractivity contribution in [3.63, 3.8) is 0 Å². The van der Waals surface area contributed by atoms with Crippen LogP contribution in [-0.2, 0) is 14.3 Å². The van der Waals surface area contributed by atoms with Gasteiger partial charge in [0.2, 0.25) is 0 Å². The van der Waals surface area contributed by atoms with E-state index in [1.807, 2.05) is 0 Å². The Kier molecular flexibility index (Phi) is 4.84. The molecule has 1 rings (SSSR count). The summed E-state index contributed by atoms with van der Waals surface area (Å²) >= 11 is 3.09. The number of aliphatic hydroxyl groups excluding tert-OH is 1. The molecule has 0 unspecified atom stereocenters. The SMILES string of the molecule is O=S(=O)(O[C@H]1C[C@@H](CO)CC[C@@H]1Br)C(F)(F)F. The lowest BCUT2D eigenvalue weighted by atomic mass is 9.88. The van der Waals surface area contributed by atoms with Crippen LogP contribution < -0.4 is 0 Å².